The van der Waals surface area contributed by atoms with Crippen LogP contribution >= 0.6 is 0 Å². The van der Waals surface area contributed by atoms with Crippen molar-refractivity contribution in [2.45, 2.75) is 25.7 Å². The first-order valence-electron chi connectivity index (χ1n) is 6.36. The molecule has 0 aliphatic carbocycles. The molecule has 0 aliphatic rings. The SMILES string of the molecule is Fc1cc(CNCCCn2ccnn2)cc(C(F)(F)F)c1. The third-order valence-corrected chi connectivity index (χ3v) is 2.83. The second kappa shape index (κ2) is 6.66. The molecule has 0 bridgehead atoms. The molecular formula is C13H14F4N4. The van der Waals surface area contributed by atoms with Gasteiger partial charge in [-0.15, -0.1) is 5.10 Å². The molecule has 1 aromatic heterocycles. The fourth-order valence-corrected chi connectivity index (χ4v) is 1.87. The average Bonchev–Trinajstić information content (AvgIpc) is 2.90. The molecule has 8 heteroatoms. The van der Waals surface area contributed by atoms with Crippen LogP contribution in [0.15, 0.2) is 30.6 Å². The Bertz CT molecular complexity index is 566. The van der Waals surface area contributed by atoms with E-state index in [2.05, 4.69) is 15.6 Å². The molecule has 0 unspecified atom stereocenters. The summed E-state index contributed by atoms with van der Waals surface area (Å²) >= 11 is 0. The number of aromatic nitrogens is 3. The molecule has 0 amide bonds. The Hall–Kier alpha value is -1.96. The predicted octanol–water partition coefficient (Wildman–Crippen LogP) is 2.62. The fraction of sp³-hybridized carbons (Fsp3) is 0.385. The molecule has 0 atom stereocenters. The normalized spacial score (nSPS) is 11.8. The number of aryl methyl sites for hydroxylation is 1. The zero-order valence-corrected chi connectivity index (χ0v) is 11.1. The largest absolute Gasteiger partial charge is 0.416 e. The maximum absolute atomic E-state index is 13.2. The Kier molecular flexibility index (Phi) is 4.89. The van der Waals surface area contributed by atoms with Gasteiger partial charge < -0.3 is 5.32 Å². The third kappa shape index (κ3) is 4.82. The lowest BCUT2D eigenvalue weighted by Crippen LogP contribution is -2.17. The Morgan fingerprint density at radius 1 is 1.19 bits per heavy atom. The van der Waals surface area contributed by atoms with Crippen molar-refractivity contribution in [3.05, 3.63) is 47.5 Å². The van der Waals surface area contributed by atoms with E-state index < -0.39 is 17.6 Å². The fourth-order valence-electron chi connectivity index (χ4n) is 1.87. The van der Waals surface area contributed by atoms with Gasteiger partial charge >= 0.3 is 6.18 Å². The number of hydrogen-bond acceptors (Lipinski definition) is 3. The molecule has 2 rings (SSSR count). The van der Waals surface area contributed by atoms with Gasteiger partial charge in [-0.2, -0.15) is 13.2 Å². The van der Waals surface area contributed by atoms with Crippen LogP contribution in [-0.4, -0.2) is 21.5 Å². The number of benzene rings is 1. The van der Waals surface area contributed by atoms with Crippen LogP contribution in [0.1, 0.15) is 17.5 Å². The molecule has 114 valence electrons. The van der Waals surface area contributed by atoms with Gasteiger partial charge in [0.05, 0.1) is 11.8 Å². The standard InChI is InChI=1S/C13H14F4N4/c14-12-7-10(6-11(8-12)13(15,16)17)9-18-2-1-4-21-5-3-19-20-21/h3,5-8,18H,1-2,4,9H2. The van der Waals surface area contributed by atoms with Crippen LogP contribution in [0.25, 0.3) is 0 Å². The molecular weight excluding hydrogens is 288 g/mol. The van der Waals surface area contributed by atoms with Gasteiger partial charge in [-0.25, -0.2) is 4.39 Å². The Morgan fingerprint density at radius 3 is 2.67 bits per heavy atom. The lowest BCUT2D eigenvalue weighted by Gasteiger charge is -2.10. The van der Waals surface area contributed by atoms with Crippen LogP contribution in [0, 0.1) is 5.82 Å². The number of nitrogens with zero attached hydrogens (tertiary/aromatic N) is 3. The van der Waals surface area contributed by atoms with Gasteiger partial charge in [0.2, 0.25) is 0 Å². The molecule has 0 spiro atoms. The minimum Gasteiger partial charge on any atom is -0.313 e. The van der Waals surface area contributed by atoms with Gasteiger partial charge in [0.15, 0.2) is 0 Å². The van der Waals surface area contributed by atoms with Crippen molar-refractivity contribution < 1.29 is 17.6 Å². The van der Waals surface area contributed by atoms with E-state index in [0.717, 1.165) is 18.6 Å². The molecule has 1 N–H and O–H groups in total. The van der Waals surface area contributed by atoms with Crippen molar-refractivity contribution in [2.24, 2.45) is 0 Å². The molecule has 2 aromatic rings. The summed E-state index contributed by atoms with van der Waals surface area (Å²) in [7, 11) is 0. The van der Waals surface area contributed by atoms with Crippen LogP contribution in [0.4, 0.5) is 17.6 Å². The second-order valence-electron chi connectivity index (χ2n) is 4.54. The van der Waals surface area contributed by atoms with E-state index in [9.17, 15) is 17.6 Å². The molecule has 1 heterocycles. The van der Waals surface area contributed by atoms with E-state index >= 15 is 0 Å². The number of hydrogen-bond donors (Lipinski definition) is 1. The summed E-state index contributed by atoms with van der Waals surface area (Å²) in [5.74, 6) is -0.885. The summed E-state index contributed by atoms with van der Waals surface area (Å²) in [6, 6.07) is 2.54. The molecule has 0 fully saturated rings. The number of halogens is 4. The van der Waals surface area contributed by atoms with E-state index in [4.69, 9.17) is 0 Å². The zero-order chi connectivity index (χ0) is 15.3. The third-order valence-electron chi connectivity index (χ3n) is 2.83. The van der Waals surface area contributed by atoms with E-state index in [0.29, 0.717) is 19.2 Å². The van der Waals surface area contributed by atoms with Crippen LogP contribution in [0.5, 0.6) is 0 Å². The highest BCUT2D eigenvalue weighted by Crippen LogP contribution is 2.30. The summed E-state index contributed by atoms with van der Waals surface area (Å²) in [4.78, 5) is 0. The van der Waals surface area contributed by atoms with Gasteiger partial charge in [0.1, 0.15) is 5.82 Å². The Balaban J connectivity index is 1.81. The van der Waals surface area contributed by atoms with Gasteiger partial charge in [-0.05, 0) is 36.7 Å². The van der Waals surface area contributed by atoms with Crippen molar-refractivity contribution in [1.82, 2.24) is 20.3 Å². The van der Waals surface area contributed by atoms with Crippen LogP contribution in [0.3, 0.4) is 0 Å². The summed E-state index contributed by atoms with van der Waals surface area (Å²) < 4.78 is 52.5. The van der Waals surface area contributed by atoms with Crippen molar-refractivity contribution in [1.29, 1.82) is 0 Å². The summed E-state index contributed by atoms with van der Waals surface area (Å²) in [6.07, 6.45) is -0.504. The number of nitrogens with one attached hydrogen (secondary N) is 1. The molecule has 1 aromatic carbocycles. The molecule has 0 saturated carbocycles. The van der Waals surface area contributed by atoms with Crippen LogP contribution < -0.4 is 5.32 Å². The van der Waals surface area contributed by atoms with E-state index in [-0.39, 0.29) is 12.1 Å². The minimum atomic E-state index is -4.54. The smallest absolute Gasteiger partial charge is 0.313 e. The van der Waals surface area contributed by atoms with Crippen molar-refractivity contribution >= 4 is 0 Å². The maximum atomic E-state index is 13.2. The molecule has 0 aliphatic heterocycles. The zero-order valence-electron chi connectivity index (χ0n) is 11.1. The first-order valence-corrected chi connectivity index (χ1v) is 6.36. The van der Waals surface area contributed by atoms with Crippen LogP contribution in [0.2, 0.25) is 0 Å². The Labute approximate surface area is 118 Å². The number of rotatable bonds is 6. The number of alkyl halides is 3. The first-order chi connectivity index (χ1) is 9.95. The highest BCUT2D eigenvalue weighted by atomic mass is 19.4. The first kappa shape index (κ1) is 15.4. The van der Waals surface area contributed by atoms with E-state index in [1.807, 2.05) is 0 Å². The van der Waals surface area contributed by atoms with Crippen molar-refractivity contribution in [3.63, 3.8) is 0 Å². The van der Waals surface area contributed by atoms with Crippen molar-refractivity contribution in [2.75, 3.05) is 6.54 Å². The minimum absolute atomic E-state index is 0.179. The predicted molar refractivity (Wildman–Crippen MR) is 67.7 cm³/mol. The molecule has 4 nitrogen and oxygen atoms in total. The summed E-state index contributed by atoms with van der Waals surface area (Å²) in [5.41, 5.74) is -0.704. The van der Waals surface area contributed by atoms with Gasteiger partial charge in [0, 0.05) is 19.3 Å². The molecule has 21 heavy (non-hydrogen) atoms. The maximum Gasteiger partial charge on any atom is 0.416 e. The lowest BCUT2D eigenvalue weighted by molar-refractivity contribution is -0.137. The quantitative estimate of drug-likeness (QED) is 0.659. The molecule has 0 radical (unpaired) electrons. The van der Waals surface area contributed by atoms with Gasteiger partial charge in [-0.3, -0.25) is 4.68 Å². The van der Waals surface area contributed by atoms with Crippen molar-refractivity contribution in [3.8, 4) is 0 Å². The Morgan fingerprint density at radius 2 is 2.00 bits per heavy atom. The summed E-state index contributed by atoms with van der Waals surface area (Å²) in [6.45, 7) is 1.42. The average molecular weight is 302 g/mol. The topological polar surface area (TPSA) is 42.7 Å². The van der Waals surface area contributed by atoms with Gasteiger partial charge in [-0.1, -0.05) is 5.21 Å². The highest BCUT2D eigenvalue weighted by molar-refractivity contribution is 5.26. The second-order valence-corrected chi connectivity index (χ2v) is 4.54. The lowest BCUT2D eigenvalue weighted by atomic mass is 10.1. The monoisotopic (exact) mass is 302 g/mol. The molecule has 0 saturated heterocycles. The van der Waals surface area contributed by atoms with E-state index in [1.165, 1.54) is 0 Å². The van der Waals surface area contributed by atoms with Gasteiger partial charge in [0.25, 0.3) is 0 Å². The summed E-state index contributed by atoms with van der Waals surface area (Å²) in [5, 5.41) is 10.4. The highest BCUT2D eigenvalue weighted by Gasteiger charge is 2.31. The van der Waals surface area contributed by atoms with Crippen LogP contribution in [-0.2, 0) is 19.3 Å². The van der Waals surface area contributed by atoms with E-state index in [1.54, 1.807) is 17.1 Å².